The van der Waals surface area contributed by atoms with E-state index < -0.39 is 805 Å². The van der Waals surface area contributed by atoms with Crippen molar-refractivity contribution in [3.05, 3.63) is 520 Å². The van der Waals surface area contributed by atoms with Crippen LogP contribution < -0.4 is 0 Å². The van der Waals surface area contributed by atoms with E-state index in [4.69, 9.17) is 92.8 Å². The molecular weight excluding hydrogens is 1710 g/mol. The summed E-state index contributed by atoms with van der Waals surface area (Å²) in [5, 5.41) is -15.5. The lowest BCUT2D eigenvalue weighted by molar-refractivity contribution is 0.669. The van der Waals surface area contributed by atoms with Gasteiger partial charge in [0.15, 0.2) is 0 Å². The third kappa shape index (κ3) is 14.1. The highest BCUT2D eigenvalue weighted by molar-refractivity contribution is 6.29. The fourth-order valence-electron chi connectivity index (χ4n) is 16.9. The van der Waals surface area contributed by atoms with Gasteiger partial charge >= 0.3 is 0 Å². The molecule has 0 aliphatic carbocycles. The highest BCUT2D eigenvalue weighted by atomic mass is 16.3. The van der Waals surface area contributed by atoms with Gasteiger partial charge in [-0.1, -0.05) is 441 Å². The van der Waals surface area contributed by atoms with Gasteiger partial charge in [0, 0.05) is 32.3 Å². The molecule has 0 unspecified atom stereocenters. The van der Waals surface area contributed by atoms with E-state index >= 15 is 0 Å². The zero-order valence-electron chi connectivity index (χ0n) is 156. The molecule has 0 spiro atoms. The van der Waals surface area contributed by atoms with Crippen molar-refractivity contribution in [3.8, 4) is 122 Å². The Hall–Kier alpha value is -18.5. The Bertz CT molecular complexity index is 15300. The first-order valence-corrected chi connectivity index (χ1v) is 41.5. The van der Waals surface area contributed by atoms with Gasteiger partial charge in [0.1, 0.15) is 33.5 Å². The summed E-state index contributed by atoms with van der Waals surface area (Å²) in [6.07, 6.45) is 0. The van der Waals surface area contributed by atoms with Crippen molar-refractivity contribution in [3.63, 3.8) is 0 Å². The Morgan fingerprint density at radius 1 is 0.113 bits per heavy atom. The second-order valence-electron chi connectivity index (χ2n) is 30.3. The van der Waals surface area contributed by atoms with Crippen LogP contribution in [0.25, 0.3) is 285 Å². The van der Waals surface area contributed by atoms with Crippen LogP contribution in [0.1, 0.15) is 118 Å². The monoisotopic (exact) mass is 1880 g/mol. The van der Waals surface area contributed by atoms with Crippen molar-refractivity contribution >= 4 is 163 Å². The Kier molecular flexibility index (Phi) is 8.01. The van der Waals surface area contributed by atoms with Gasteiger partial charge in [-0.3, -0.25) is 0 Å². The fraction of sp³-hybridized carbons (Fsp3) is 0. The average molecular weight is 1880 g/mol. The van der Waals surface area contributed by atoms with Crippen molar-refractivity contribution in [2.75, 3.05) is 0 Å². The number of benzene rings is 26. The average Bonchev–Trinajstić information content (AvgIpc) is 1.55. The Morgan fingerprint density at radius 3 is 0.652 bits per heavy atom. The van der Waals surface area contributed by atoms with Crippen LogP contribution in [-0.2, 0) is 0 Å². The van der Waals surface area contributed by atoms with Crippen molar-refractivity contribution in [1.82, 2.24) is 0 Å². The van der Waals surface area contributed by atoms with Crippen molar-refractivity contribution in [2.45, 2.75) is 0 Å². The molecule has 141 heavy (non-hydrogen) atoms. The predicted octanol–water partition coefficient (Wildman–Crippen LogP) is 39.5. The molecule has 3 heteroatoms. The molecule has 0 saturated heterocycles. The largest absolute Gasteiger partial charge is 0.456 e. The number of hydrogen-bond acceptors (Lipinski definition) is 3. The van der Waals surface area contributed by atoms with Crippen LogP contribution in [-0.4, -0.2) is 0 Å². The van der Waals surface area contributed by atoms with E-state index in [-0.39, 0.29) is 0 Å². The molecule has 0 aliphatic rings. The molecule has 0 saturated carbocycles. The number of rotatable bonds is 11. The van der Waals surface area contributed by atoms with Gasteiger partial charge in [-0.25, -0.2) is 0 Å². The molecule has 656 valence electrons. The Morgan fingerprint density at radius 2 is 0.333 bits per heavy atom. The van der Waals surface area contributed by atoms with Crippen LogP contribution in [0.4, 0.5) is 0 Å². The maximum absolute atomic E-state index is 10.1. The van der Waals surface area contributed by atoms with Gasteiger partial charge in [-0.2, -0.15) is 0 Å². The summed E-state index contributed by atoms with van der Waals surface area (Å²) in [7, 11) is 0. The van der Waals surface area contributed by atoms with Crippen LogP contribution in [0.15, 0.2) is 533 Å². The first-order chi connectivity index (χ1) is 106. The van der Waals surface area contributed by atoms with Crippen molar-refractivity contribution in [2.24, 2.45) is 0 Å². The van der Waals surface area contributed by atoms with Crippen LogP contribution in [0.3, 0.4) is 0 Å². The first kappa shape index (κ1) is 32.9. The third-order valence-corrected chi connectivity index (χ3v) is 22.7. The summed E-state index contributed by atoms with van der Waals surface area (Å²) in [5.41, 5.74) is -22.9. The Labute approximate surface area is 935 Å². The molecule has 0 atom stereocenters. The van der Waals surface area contributed by atoms with E-state index in [1.807, 2.05) is 0 Å². The minimum absolute atomic E-state index is 0.398. The van der Waals surface area contributed by atoms with Crippen LogP contribution in [0.5, 0.6) is 0 Å². The summed E-state index contributed by atoms with van der Waals surface area (Å²) in [5.74, 6) is 0. The molecule has 3 heterocycles. The molecule has 0 amide bonds. The molecule has 29 aromatic rings. The van der Waals surface area contributed by atoms with Crippen LogP contribution in [0, 0.1) is 0 Å². The molecule has 0 radical (unpaired) electrons. The third-order valence-electron chi connectivity index (χ3n) is 22.7. The molecule has 0 fully saturated rings. The van der Waals surface area contributed by atoms with Gasteiger partial charge < -0.3 is 13.3 Å². The molecule has 0 N–H and O–H groups in total. The zero-order chi connectivity index (χ0) is 168. The quantitative estimate of drug-likeness (QED) is 0.121. The van der Waals surface area contributed by atoms with Gasteiger partial charge in [-0.15, -0.1) is 0 Å². The lowest BCUT2D eigenvalue weighted by Gasteiger charge is -2.19. The van der Waals surface area contributed by atoms with Gasteiger partial charge in [0.25, 0.3) is 0 Å². The first-order valence-electron chi connectivity index (χ1n) is 84.5. The van der Waals surface area contributed by atoms with E-state index in [0.717, 1.165) is 0 Å². The zero-order valence-corrected chi connectivity index (χ0v) is 70.2. The van der Waals surface area contributed by atoms with Crippen LogP contribution in [0.2, 0.25) is 0 Å². The van der Waals surface area contributed by atoms with Gasteiger partial charge in [0.2, 0.25) is 0 Å². The minimum atomic E-state index is -1.20. The second kappa shape index (κ2) is 34.4. The topological polar surface area (TPSA) is 39.4 Å². The molecule has 26 aromatic carbocycles. The minimum Gasteiger partial charge on any atom is -0.456 e. The van der Waals surface area contributed by atoms with E-state index in [2.05, 4.69) is 0 Å². The van der Waals surface area contributed by atoms with E-state index in [1.165, 1.54) is 0 Å². The smallest absolute Gasteiger partial charge is 0.136 e. The molecule has 0 aliphatic heterocycles. The standard InChI is InChI=1S/2C48H30O.C42H26O/c1-3-13-31(14-4-1)36-26-23-34(29-42(36)32-15-5-2-6-16-32)46-38-19-9-11-21-40(38)47(41-22-12-10-20-39(41)46)35-25-27-44-43(30-35)48-37-18-8-7-17-33(37)24-28-45(48)49-44;1-3-13-31(14-4-1)35-27-36(32-15-5-2-6-16-32)29-37(28-35)47-41-21-11-9-19-39(41)46(40-20-10-12-22-42(40)47)34-24-25-44-43(30-34)48-38-18-8-7-17-33(38)23-26-45(48)49-44;1-2-12-27(13-3-1)30-15-6-7-17-32(30)41-35-20-10-8-18-33(35)40(34-19-9-11-21-36(34)41)29-23-24-38-37(26-29)42-31-16-5-4-14-28(31)22-25-39(42)43-38/h2*1-30H;1-26H/i2*1D,2D,3D,4D,5D,6D,7D,8D,9D,10D,11D,12D,13D,14D,15D,16D,17D,18D,19D,20D,21D,22D,23D,24D,25D,26D,27D,28D,29D,30D;1D,2D,3D,4D,5D,6D,7D,8D,9D,10D,11D,12D,13D,14D,15D,16D,17D,18D,19D,20D,21D,22D,23D,24D,25D,26D. The highest BCUT2D eigenvalue weighted by Gasteiger charge is 2.26. The molecular formula is C138H86O3. The molecule has 29 rings (SSSR count). The van der Waals surface area contributed by atoms with Crippen molar-refractivity contribution in [1.29, 1.82) is 0 Å². The van der Waals surface area contributed by atoms with E-state index in [0.29, 0.717) is 0 Å². The number of hydrogen-bond donors (Lipinski definition) is 0. The summed E-state index contributed by atoms with van der Waals surface area (Å²) in [4.78, 5) is 0. The SMILES string of the molecule is [2H]c1c([2H])c([2H])c(-c2c([2H])c(-c3c([2H])c([2H])c([2H])c([2H])c3[2H])c([2H])c(-c3c4c([2H])c([2H])c([2H])c([2H])c4c(-c4c([2H])c([2H])c5oc6c([2H])c([2H])c7c([2H])c([2H])c([2H])c([2H])c7c6c5c4[2H])c4c([2H])c([2H])c([2H])c([2H])c34)c2[2H])c([2H])c1[2H].[2H]c1c([2H])c([2H])c(-c2c([2H])c([2H])c(-c3c4c([2H])c([2H])c([2H])c([2H])c4c(-c4c([2H])c([2H])c5oc6c([2H])c([2H])c7c([2H])c([2H])c([2H])c([2H])c7c6c5c4[2H])c4c([2H])c([2H])c([2H])c([2H])c34)c([2H])c2-c2c([2H])c([2H])c([2H])c([2H])c2[2H])c([2H])c1[2H].[2H]c1c([2H])c([2H])c(-c2c([2H])c([2H])c([2H])c([2H])c2-c2c3c([2H])c([2H])c([2H])c([2H])c3c(-c3c([2H])c([2H])c4oc5c([2H])c([2H])c6c([2H])c([2H])c([2H])c([2H])c6c5c4c3[2H])c3c([2H])c([2H])c([2H])c([2H])c23)c([2H])c1[2H]. The summed E-state index contributed by atoms with van der Waals surface area (Å²) in [6.45, 7) is 0. The predicted molar refractivity (Wildman–Crippen MR) is 599 cm³/mol. The Balaban J connectivity index is 0.000000151. The summed E-state index contributed by atoms with van der Waals surface area (Å²) in [6, 6.07) is -84.0. The van der Waals surface area contributed by atoms with E-state index in [1.54, 1.807) is 0 Å². The number of furan rings is 3. The molecule has 0 bridgehead atoms. The second-order valence-corrected chi connectivity index (χ2v) is 30.3. The summed E-state index contributed by atoms with van der Waals surface area (Å²) < 4.78 is 793. The lowest BCUT2D eigenvalue weighted by Crippen LogP contribution is -1.92. The van der Waals surface area contributed by atoms with Gasteiger partial charge in [0.05, 0.1) is 118 Å². The maximum atomic E-state index is 10.1. The number of fused-ring (bicyclic) bond motifs is 21. The van der Waals surface area contributed by atoms with Crippen LogP contribution >= 0.6 is 0 Å². The molecule has 3 aromatic heterocycles. The lowest BCUT2D eigenvalue weighted by atomic mass is 9.83. The highest BCUT2D eigenvalue weighted by Crippen LogP contribution is 2.53. The summed E-state index contributed by atoms with van der Waals surface area (Å²) >= 11 is 0. The van der Waals surface area contributed by atoms with Gasteiger partial charge in [-0.05, 0) is 298 Å². The van der Waals surface area contributed by atoms with E-state index in [9.17, 15) is 38.4 Å². The maximum Gasteiger partial charge on any atom is 0.136 e. The van der Waals surface area contributed by atoms with Crippen molar-refractivity contribution < 1.29 is 131 Å². The fourth-order valence-corrected chi connectivity index (χ4v) is 16.9. The normalized spacial score (nSPS) is 20.2. The molecule has 3 nitrogen and oxygen atoms in total.